The van der Waals surface area contributed by atoms with Gasteiger partial charge >= 0.3 is 0 Å². The van der Waals surface area contributed by atoms with Gasteiger partial charge in [0.1, 0.15) is 23.0 Å². The van der Waals surface area contributed by atoms with Crippen LogP contribution in [0.2, 0.25) is 0 Å². The topological polar surface area (TPSA) is 38.0 Å². The third-order valence-corrected chi connectivity index (χ3v) is 4.68. The minimum Gasteiger partial charge on any atom is -0.464 e. The molecule has 4 nitrogen and oxygen atoms in total. The second-order valence-corrected chi connectivity index (χ2v) is 6.15. The van der Waals surface area contributed by atoms with Crippen molar-refractivity contribution in [2.45, 2.75) is 18.7 Å². The number of hydrogen-bond acceptors (Lipinski definition) is 4. The lowest BCUT2D eigenvalue weighted by Gasteiger charge is -2.38. The van der Waals surface area contributed by atoms with Gasteiger partial charge in [0.05, 0.1) is 17.9 Å². The fourth-order valence-corrected chi connectivity index (χ4v) is 3.51. The van der Waals surface area contributed by atoms with Crippen molar-refractivity contribution in [1.82, 2.24) is 5.01 Å². The average molecular weight is 334 g/mol. The van der Waals surface area contributed by atoms with Crippen LogP contribution < -0.4 is 4.74 Å². The molecule has 0 aliphatic carbocycles. The highest BCUT2D eigenvalue weighted by Crippen LogP contribution is 2.47. The number of ether oxygens (including phenoxy) is 1. The molecule has 3 aromatic rings. The lowest BCUT2D eigenvalue weighted by molar-refractivity contribution is -0.0212. The van der Waals surface area contributed by atoms with E-state index < -0.39 is 6.23 Å². The fraction of sp³-hybridized carbons (Fsp3) is 0.150. The number of para-hydroxylation sites is 1. The van der Waals surface area contributed by atoms with Crippen LogP contribution in [-0.2, 0) is 0 Å². The van der Waals surface area contributed by atoms with Gasteiger partial charge < -0.3 is 9.15 Å². The van der Waals surface area contributed by atoms with Gasteiger partial charge in [-0.15, -0.1) is 0 Å². The van der Waals surface area contributed by atoms with Crippen molar-refractivity contribution in [3.05, 3.63) is 89.6 Å². The van der Waals surface area contributed by atoms with Crippen LogP contribution >= 0.6 is 0 Å². The zero-order valence-corrected chi connectivity index (χ0v) is 13.3. The highest BCUT2D eigenvalue weighted by atomic mass is 19.1. The molecule has 0 bridgehead atoms. The second kappa shape index (κ2) is 5.48. The van der Waals surface area contributed by atoms with E-state index >= 15 is 0 Å². The molecule has 2 aliphatic heterocycles. The monoisotopic (exact) mass is 334 g/mol. The second-order valence-electron chi connectivity index (χ2n) is 6.15. The van der Waals surface area contributed by atoms with Gasteiger partial charge in [-0.25, -0.2) is 9.40 Å². The SMILES string of the molecule is Fc1ccccc1[C@@H]1Oc2ccccc2[C@H]2CC(c3ccco3)=NN21. The van der Waals surface area contributed by atoms with Crippen LogP contribution in [0.4, 0.5) is 4.39 Å². The molecular formula is C20H15FN2O2. The third kappa shape index (κ3) is 2.23. The molecule has 2 aliphatic rings. The van der Waals surface area contributed by atoms with Gasteiger partial charge in [0.25, 0.3) is 0 Å². The number of furan rings is 1. The molecule has 25 heavy (non-hydrogen) atoms. The minimum atomic E-state index is -0.603. The van der Waals surface area contributed by atoms with Crippen molar-refractivity contribution in [2.24, 2.45) is 5.10 Å². The van der Waals surface area contributed by atoms with Gasteiger partial charge in [0.2, 0.25) is 6.23 Å². The molecule has 0 saturated heterocycles. The van der Waals surface area contributed by atoms with E-state index in [1.807, 2.05) is 47.5 Å². The van der Waals surface area contributed by atoms with Crippen molar-refractivity contribution >= 4 is 5.71 Å². The quantitative estimate of drug-likeness (QED) is 0.684. The van der Waals surface area contributed by atoms with Crippen molar-refractivity contribution in [3.63, 3.8) is 0 Å². The largest absolute Gasteiger partial charge is 0.464 e. The number of hydrogen-bond donors (Lipinski definition) is 0. The number of benzene rings is 2. The molecule has 2 atom stereocenters. The van der Waals surface area contributed by atoms with Crippen molar-refractivity contribution in [3.8, 4) is 5.75 Å². The molecule has 0 unspecified atom stereocenters. The summed E-state index contributed by atoms with van der Waals surface area (Å²) in [6, 6.07) is 18.3. The highest BCUT2D eigenvalue weighted by Gasteiger charge is 2.42. The summed E-state index contributed by atoms with van der Waals surface area (Å²) in [6.45, 7) is 0. The Labute approximate surface area is 144 Å². The Morgan fingerprint density at radius 3 is 2.56 bits per heavy atom. The van der Waals surface area contributed by atoms with Gasteiger partial charge in [-0.3, -0.25) is 0 Å². The van der Waals surface area contributed by atoms with E-state index in [1.54, 1.807) is 18.4 Å². The van der Waals surface area contributed by atoms with Crippen LogP contribution in [-0.4, -0.2) is 10.7 Å². The van der Waals surface area contributed by atoms with Gasteiger partial charge in [-0.2, -0.15) is 5.10 Å². The van der Waals surface area contributed by atoms with Crippen molar-refractivity contribution in [2.75, 3.05) is 0 Å². The molecular weight excluding hydrogens is 319 g/mol. The molecule has 0 radical (unpaired) electrons. The van der Waals surface area contributed by atoms with Crippen LogP contribution in [0, 0.1) is 5.82 Å². The Kier molecular flexibility index (Phi) is 3.13. The normalized spacial score (nSPS) is 21.3. The van der Waals surface area contributed by atoms with Crippen LogP contribution in [0.3, 0.4) is 0 Å². The van der Waals surface area contributed by atoms with Crippen LogP contribution in [0.1, 0.15) is 35.6 Å². The van der Waals surface area contributed by atoms with Gasteiger partial charge in [0, 0.05) is 12.0 Å². The molecule has 5 heteroatoms. The van der Waals surface area contributed by atoms with Gasteiger partial charge in [-0.1, -0.05) is 36.4 Å². The number of rotatable bonds is 2. The number of nitrogens with zero attached hydrogens (tertiary/aromatic N) is 2. The number of halogens is 1. The zero-order chi connectivity index (χ0) is 16.8. The smallest absolute Gasteiger partial charge is 0.216 e. The van der Waals surface area contributed by atoms with E-state index in [2.05, 4.69) is 0 Å². The van der Waals surface area contributed by atoms with E-state index in [9.17, 15) is 4.39 Å². The zero-order valence-electron chi connectivity index (χ0n) is 13.3. The molecule has 0 fully saturated rings. The Hall–Kier alpha value is -3.08. The number of hydrazone groups is 1. The summed E-state index contributed by atoms with van der Waals surface area (Å²) in [5, 5.41) is 6.56. The average Bonchev–Trinajstić information content (AvgIpc) is 3.31. The lowest BCUT2D eigenvalue weighted by Crippen LogP contribution is -2.34. The lowest BCUT2D eigenvalue weighted by atomic mass is 9.97. The first-order chi connectivity index (χ1) is 12.3. The Balaban J connectivity index is 1.63. The van der Waals surface area contributed by atoms with Gasteiger partial charge in [-0.05, 0) is 24.3 Å². The molecule has 5 rings (SSSR count). The van der Waals surface area contributed by atoms with Crippen molar-refractivity contribution in [1.29, 1.82) is 0 Å². The standard InChI is InChI=1S/C20H15FN2O2/c21-15-8-3-1-6-13(15)20-23-17(14-7-2-4-9-18(14)25-20)12-16(22-23)19-10-5-11-24-19/h1-11,17,20H,12H2/t17-,20+/m1/s1. The third-order valence-electron chi connectivity index (χ3n) is 4.68. The Morgan fingerprint density at radius 2 is 1.76 bits per heavy atom. The van der Waals surface area contributed by atoms with E-state index in [-0.39, 0.29) is 11.9 Å². The summed E-state index contributed by atoms with van der Waals surface area (Å²) < 4.78 is 26.0. The molecule has 2 aromatic carbocycles. The highest BCUT2D eigenvalue weighted by molar-refractivity contribution is 5.99. The van der Waals surface area contributed by atoms with E-state index in [4.69, 9.17) is 14.3 Å². The molecule has 0 amide bonds. The maximum atomic E-state index is 14.4. The minimum absolute atomic E-state index is 0.00495. The molecule has 0 N–H and O–H groups in total. The number of fused-ring (bicyclic) bond motifs is 3. The van der Waals surface area contributed by atoms with Crippen LogP contribution in [0.5, 0.6) is 5.75 Å². The first kappa shape index (κ1) is 14.3. The summed E-state index contributed by atoms with van der Waals surface area (Å²) in [4.78, 5) is 0. The van der Waals surface area contributed by atoms with E-state index in [0.717, 1.165) is 22.8 Å². The Bertz CT molecular complexity index is 952. The predicted molar refractivity (Wildman–Crippen MR) is 90.7 cm³/mol. The Morgan fingerprint density at radius 1 is 0.960 bits per heavy atom. The summed E-state index contributed by atoms with van der Waals surface area (Å²) in [7, 11) is 0. The summed E-state index contributed by atoms with van der Waals surface area (Å²) in [5.74, 6) is 1.21. The molecule has 124 valence electrons. The summed E-state index contributed by atoms with van der Waals surface area (Å²) in [5.41, 5.74) is 2.38. The maximum absolute atomic E-state index is 14.4. The summed E-state index contributed by atoms with van der Waals surface area (Å²) in [6.07, 6.45) is 1.72. The van der Waals surface area contributed by atoms with E-state index in [0.29, 0.717) is 12.0 Å². The van der Waals surface area contributed by atoms with Crippen LogP contribution in [0.25, 0.3) is 0 Å². The van der Waals surface area contributed by atoms with Crippen LogP contribution in [0.15, 0.2) is 76.4 Å². The van der Waals surface area contributed by atoms with E-state index in [1.165, 1.54) is 6.07 Å². The van der Waals surface area contributed by atoms with Gasteiger partial charge in [0.15, 0.2) is 0 Å². The first-order valence-electron chi connectivity index (χ1n) is 8.21. The first-order valence-corrected chi connectivity index (χ1v) is 8.21. The maximum Gasteiger partial charge on any atom is 0.216 e. The fourth-order valence-electron chi connectivity index (χ4n) is 3.51. The molecule has 0 spiro atoms. The van der Waals surface area contributed by atoms with Crippen molar-refractivity contribution < 1.29 is 13.5 Å². The predicted octanol–water partition coefficient (Wildman–Crippen LogP) is 4.66. The molecule has 0 saturated carbocycles. The summed E-state index contributed by atoms with van der Waals surface area (Å²) >= 11 is 0. The molecule has 1 aromatic heterocycles. The molecule has 3 heterocycles.